The summed E-state index contributed by atoms with van der Waals surface area (Å²) in [6.45, 7) is 0. The largest absolute Gasteiger partial charge is 0.456 e. The molecule has 290 valence electrons. The minimum Gasteiger partial charge on any atom is -0.456 e. The molecule has 0 aliphatic carbocycles. The first kappa shape index (κ1) is 35.5. The van der Waals surface area contributed by atoms with Crippen molar-refractivity contribution in [3.8, 4) is 78.1 Å². The van der Waals surface area contributed by atoms with Crippen LogP contribution in [0.1, 0.15) is 0 Å². The Bertz CT molecular complexity index is 3610. The predicted octanol–water partition coefficient (Wildman–Crippen LogP) is 15.1. The Hall–Kier alpha value is -8.41. The van der Waals surface area contributed by atoms with E-state index < -0.39 is 0 Å². The summed E-state index contributed by atoms with van der Waals surface area (Å²) in [5.74, 6) is 0. The van der Waals surface area contributed by atoms with Crippen molar-refractivity contribution in [1.29, 1.82) is 0 Å². The molecule has 0 atom stereocenters. The van der Waals surface area contributed by atoms with Gasteiger partial charge in [-0.3, -0.25) is 0 Å². The van der Waals surface area contributed by atoms with E-state index in [1.807, 2.05) is 30.3 Å². The number of furan rings is 1. The molecule has 0 aliphatic heterocycles. The summed E-state index contributed by atoms with van der Waals surface area (Å²) in [5.41, 5.74) is 17.6. The van der Waals surface area contributed by atoms with Crippen molar-refractivity contribution >= 4 is 43.7 Å². The van der Waals surface area contributed by atoms with Gasteiger partial charge in [0.25, 0.3) is 0 Å². The Balaban J connectivity index is 1.35. The molecule has 3 heterocycles. The highest BCUT2D eigenvalue weighted by atomic mass is 16.3. The summed E-state index contributed by atoms with van der Waals surface area (Å²) in [4.78, 5) is 3.90. The summed E-state index contributed by atoms with van der Waals surface area (Å²) >= 11 is 0. The molecule has 0 amide bonds. The molecule has 5 nitrogen and oxygen atoms in total. The van der Waals surface area contributed by atoms with Gasteiger partial charge in [-0.05, 0) is 62.9 Å². The highest BCUT2D eigenvalue weighted by molar-refractivity contribution is 6.20. The van der Waals surface area contributed by atoms with E-state index in [0.717, 1.165) is 111 Å². The molecule has 1 N–H and O–H groups in total. The minimum atomic E-state index is 0.713. The number of hydrogen-bond acceptors (Lipinski definition) is 4. The zero-order chi connectivity index (χ0) is 41.0. The number of aromatic amines is 1. The molecule has 0 radical (unpaired) electrons. The average molecular weight is 793 g/mol. The van der Waals surface area contributed by atoms with E-state index in [1.54, 1.807) is 0 Å². The number of benzene rings is 9. The van der Waals surface area contributed by atoms with E-state index in [9.17, 15) is 0 Å². The lowest BCUT2D eigenvalue weighted by Crippen LogP contribution is -2.05. The summed E-state index contributed by atoms with van der Waals surface area (Å²) in [6.07, 6.45) is 0. The lowest BCUT2D eigenvalue weighted by Gasteiger charge is -2.26. The topological polar surface area (TPSA) is 67.6 Å². The van der Waals surface area contributed by atoms with Gasteiger partial charge in [-0.25, -0.2) is 0 Å². The lowest BCUT2D eigenvalue weighted by molar-refractivity contribution is 0.669. The first-order chi connectivity index (χ1) is 30.8. The standard InChI is InChI=1S/C57H36N4O/c1-5-19-36(20-6-1)45-35-46(37-21-7-2-8-22-37)53(52(50(45)38-23-9-3-10-24-38)44-30-17-29-41-40-27-13-15-32-47(40)58-56(41)44)54-55(39-25-11-4-12-26-39)59-61-60-57(54)43-31-18-34-49-51(43)42-28-14-16-33-48(42)62-49/h1-35,58H. The zero-order valence-electron chi connectivity index (χ0n) is 33.5. The fourth-order valence-corrected chi connectivity index (χ4v) is 9.41. The highest BCUT2D eigenvalue weighted by Crippen LogP contribution is 2.55. The van der Waals surface area contributed by atoms with Crippen LogP contribution in [0.4, 0.5) is 0 Å². The third-order valence-electron chi connectivity index (χ3n) is 12.1. The first-order valence-corrected chi connectivity index (χ1v) is 20.9. The molecule has 9 aromatic carbocycles. The van der Waals surface area contributed by atoms with E-state index in [0.29, 0.717) is 5.69 Å². The Morgan fingerprint density at radius 1 is 0.339 bits per heavy atom. The smallest absolute Gasteiger partial charge is 0.136 e. The van der Waals surface area contributed by atoms with Crippen LogP contribution in [-0.4, -0.2) is 20.4 Å². The SMILES string of the molecule is c1ccc(-c2cc(-c3ccccc3)c(-c3c(-c4ccccc4)nnnc3-c3cccc4oc5ccccc5c34)c(-c3cccc4c3[nH]c3ccccc34)c2-c2ccccc2)cc1. The molecule has 0 bridgehead atoms. The molecular weight excluding hydrogens is 757 g/mol. The fraction of sp³-hybridized carbons (Fsp3) is 0. The van der Waals surface area contributed by atoms with Crippen LogP contribution in [0.5, 0.6) is 0 Å². The van der Waals surface area contributed by atoms with Gasteiger partial charge < -0.3 is 9.40 Å². The van der Waals surface area contributed by atoms with Gasteiger partial charge in [0.15, 0.2) is 0 Å². The molecule has 3 aromatic heterocycles. The van der Waals surface area contributed by atoms with Gasteiger partial charge in [-0.2, -0.15) is 0 Å². The summed E-state index contributed by atoms with van der Waals surface area (Å²) in [5, 5.41) is 19.0. The molecule has 0 aliphatic rings. The van der Waals surface area contributed by atoms with Crippen molar-refractivity contribution in [1.82, 2.24) is 20.4 Å². The first-order valence-electron chi connectivity index (χ1n) is 20.9. The molecule has 0 saturated heterocycles. The Morgan fingerprint density at radius 3 is 1.60 bits per heavy atom. The molecule has 5 heteroatoms. The van der Waals surface area contributed by atoms with Crippen LogP contribution in [0.2, 0.25) is 0 Å². The summed E-state index contributed by atoms with van der Waals surface area (Å²) < 4.78 is 6.51. The van der Waals surface area contributed by atoms with Crippen molar-refractivity contribution < 1.29 is 4.42 Å². The normalized spacial score (nSPS) is 11.5. The van der Waals surface area contributed by atoms with Crippen molar-refractivity contribution in [3.63, 3.8) is 0 Å². The second-order valence-electron chi connectivity index (χ2n) is 15.6. The molecule has 12 rings (SSSR count). The molecule has 12 aromatic rings. The molecular formula is C57H36N4O. The number of hydrogen-bond donors (Lipinski definition) is 1. The van der Waals surface area contributed by atoms with Gasteiger partial charge in [0, 0.05) is 60.4 Å². The number of para-hydroxylation sites is 3. The minimum absolute atomic E-state index is 0.713. The van der Waals surface area contributed by atoms with Gasteiger partial charge in [0.2, 0.25) is 0 Å². The van der Waals surface area contributed by atoms with E-state index in [2.05, 4.69) is 192 Å². The van der Waals surface area contributed by atoms with Crippen LogP contribution < -0.4 is 0 Å². The van der Waals surface area contributed by atoms with Gasteiger partial charge in [-0.1, -0.05) is 188 Å². The summed E-state index contributed by atoms with van der Waals surface area (Å²) in [7, 11) is 0. The highest BCUT2D eigenvalue weighted by Gasteiger charge is 2.31. The molecule has 0 spiro atoms. The third kappa shape index (κ3) is 5.75. The number of fused-ring (bicyclic) bond motifs is 6. The molecule has 62 heavy (non-hydrogen) atoms. The quantitative estimate of drug-likeness (QED) is 0.175. The second-order valence-corrected chi connectivity index (χ2v) is 15.6. The van der Waals surface area contributed by atoms with E-state index in [-0.39, 0.29) is 0 Å². The maximum Gasteiger partial charge on any atom is 0.136 e. The zero-order valence-corrected chi connectivity index (χ0v) is 33.5. The Kier molecular flexibility index (Phi) is 8.42. The average Bonchev–Trinajstić information content (AvgIpc) is 3.93. The van der Waals surface area contributed by atoms with Gasteiger partial charge >= 0.3 is 0 Å². The van der Waals surface area contributed by atoms with Gasteiger partial charge in [-0.15, -0.1) is 10.2 Å². The van der Waals surface area contributed by atoms with Gasteiger partial charge in [0.1, 0.15) is 22.6 Å². The van der Waals surface area contributed by atoms with Crippen LogP contribution in [-0.2, 0) is 0 Å². The molecule has 0 fully saturated rings. The Labute approximate surface area is 357 Å². The maximum absolute atomic E-state index is 6.51. The van der Waals surface area contributed by atoms with Crippen LogP contribution in [0.15, 0.2) is 217 Å². The molecule has 0 unspecified atom stereocenters. The monoisotopic (exact) mass is 792 g/mol. The summed E-state index contributed by atoms with van der Waals surface area (Å²) in [6, 6.07) is 74.7. The van der Waals surface area contributed by atoms with Crippen molar-refractivity contribution in [3.05, 3.63) is 212 Å². The fourth-order valence-electron chi connectivity index (χ4n) is 9.41. The van der Waals surface area contributed by atoms with Crippen LogP contribution in [0, 0.1) is 0 Å². The van der Waals surface area contributed by atoms with Crippen LogP contribution in [0.3, 0.4) is 0 Å². The number of H-pyrrole nitrogens is 1. The van der Waals surface area contributed by atoms with Gasteiger partial charge in [0.05, 0.1) is 5.52 Å². The van der Waals surface area contributed by atoms with Crippen LogP contribution >= 0.6 is 0 Å². The van der Waals surface area contributed by atoms with Crippen molar-refractivity contribution in [2.24, 2.45) is 0 Å². The maximum atomic E-state index is 6.51. The second kappa shape index (κ2) is 14.7. The van der Waals surface area contributed by atoms with Crippen LogP contribution in [0.25, 0.3) is 122 Å². The number of nitrogens with zero attached hydrogens (tertiary/aromatic N) is 3. The van der Waals surface area contributed by atoms with E-state index in [1.165, 1.54) is 5.39 Å². The van der Waals surface area contributed by atoms with Crippen molar-refractivity contribution in [2.45, 2.75) is 0 Å². The number of nitrogens with one attached hydrogen (secondary N) is 1. The van der Waals surface area contributed by atoms with Crippen molar-refractivity contribution in [2.75, 3.05) is 0 Å². The lowest BCUT2D eigenvalue weighted by atomic mass is 9.77. The molecule has 0 saturated carbocycles. The van der Waals surface area contributed by atoms with E-state index in [4.69, 9.17) is 14.6 Å². The number of aromatic nitrogens is 4. The predicted molar refractivity (Wildman–Crippen MR) is 255 cm³/mol. The Morgan fingerprint density at radius 2 is 0.871 bits per heavy atom. The third-order valence-corrected chi connectivity index (χ3v) is 12.1. The number of rotatable bonds is 7. The van der Waals surface area contributed by atoms with E-state index >= 15 is 0 Å².